The van der Waals surface area contributed by atoms with Gasteiger partial charge in [0.05, 0.1) is 6.07 Å². The first-order chi connectivity index (χ1) is 3.29. The highest BCUT2D eigenvalue weighted by molar-refractivity contribution is 5.18. The Labute approximate surface area is 39.8 Å². The second-order valence-corrected chi connectivity index (χ2v) is 1.07. The van der Waals surface area contributed by atoms with Crippen LogP contribution in [0, 0.1) is 6.26 Å². The lowest BCUT2D eigenvalue weighted by Crippen LogP contribution is -1.44. The maximum Gasteiger partial charge on any atom is 0.286 e. The Morgan fingerprint density at radius 3 is 2.43 bits per heavy atom. The van der Waals surface area contributed by atoms with Gasteiger partial charge in [0.2, 0.25) is 6.26 Å². The topological polar surface area (TPSA) is 53.6 Å². The van der Waals surface area contributed by atoms with Gasteiger partial charge in [-0.05, 0) is 0 Å². The van der Waals surface area contributed by atoms with Crippen LogP contribution in [0.1, 0.15) is 0 Å². The summed E-state index contributed by atoms with van der Waals surface area (Å²) in [6.45, 7) is 0. The molecule has 0 aliphatic heterocycles. The first kappa shape index (κ1) is 4.05. The molecule has 0 spiro atoms. The van der Waals surface area contributed by atoms with Crippen LogP contribution in [0.5, 0.6) is 11.7 Å². The first-order valence-electron chi connectivity index (χ1n) is 1.68. The van der Waals surface area contributed by atoms with E-state index in [0.29, 0.717) is 0 Å². The maximum absolute atomic E-state index is 8.34. The van der Waals surface area contributed by atoms with Gasteiger partial charge in [0, 0.05) is 0 Å². The highest BCUT2D eigenvalue weighted by Crippen LogP contribution is 2.16. The van der Waals surface area contributed by atoms with Gasteiger partial charge in [-0.1, -0.05) is 0 Å². The van der Waals surface area contributed by atoms with Crippen molar-refractivity contribution in [3.05, 3.63) is 12.3 Å². The quantitative estimate of drug-likeness (QED) is 0.497. The standard InChI is InChI=1S/C4H3O3/c5-3-1-4(6)7-2-3/h1,5-6H. The Bertz CT molecular complexity index is 139. The minimum absolute atomic E-state index is 0.183. The molecule has 2 N–H and O–H groups in total. The average molecular weight is 99.1 g/mol. The number of hydrogen-bond donors (Lipinski definition) is 2. The smallest absolute Gasteiger partial charge is 0.286 e. The molecular formula is C4H3O3. The fourth-order valence-electron chi connectivity index (χ4n) is 0.280. The molecule has 0 atom stereocenters. The van der Waals surface area contributed by atoms with Gasteiger partial charge in [-0.2, -0.15) is 0 Å². The predicted molar refractivity (Wildman–Crippen MR) is 20.9 cm³/mol. The Hall–Kier alpha value is -1.12. The fourth-order valence-corrected chi connectivity index (χ4v) is 0.280. The third kappa shape index (κ3) is 0.652. The lowest BCUT2D eigenvalue weighted by Gasteiger charge is -1.68. The van der Waals surface area contributed by atoms with E-state index in [2.05, 4.69) is 4.42 Å². The summed E-state index contributed by atoms with van der Waals surface area (Å²) in [5, 5.41) is 16.6. The summed E-state index contributed by atoms with van der Waals surface area (Å²) in [6, 6.07) is 1.06. The Morgan fingerprint density at radius 2 is 2.29 bits per heavy atom. The molecular weight excluding hydrogens is 96.0 g/mol. The molecule has 3 nitrogen and oxygen atoms in total. The highest BCUT2D eigenvalue weighted by atomic mass is 16.5. The van der Waals surface area contributed by atoms with Crippen molar-refractivity contribution in [3.8, 4) is 11.7 Å². The molecule has 0 aromatic carbocycles. The summed E-state index contributed by atoms with van der Waals surface area (Å²) in [7, 11) is 0. The van der Waals surface area contributed by atoms with E-state index in [0.717, 1.165) is 6.07 Å². The van der Waals surface area contributed by atoms with Crippen LogP contribution in [0.2, 0.25) is 0 Å². The molecule has 37 valence electrons. The Balaban J connectivity index is 3.04. The number of furan rings is 1. The highest BCUT2D eigenvalue weighted by Gasteiger charge is 1.93. The minimum atomic E-state index is -0.322. The van der Waals surface area contributed by atoms with Gasteiger partial charge in [0.1, 0.15) is 0 Å². The summed E-state index contributed by atoms with van der Waals surface area (Å²) in [6.07, 6.45) is 2.00. The van der Waals surface area contributed by atoms with Crippen LogP contribution >= 0.6 is 0 Å². The minimum Gasteiger partial charge on any atom is -0.504 e. The Kier molecular flexibility index (Phi) is 0.685. The first-order valence-corrected chi connectivity index (χ1v) is 1.68. The van der Waals surface area contributed by atoms with Crippen LogP contribution in [0.4, 0.5) is 0 Å². The molecule has 0 fully saturated rings. The summed E-state index contributed by atoms with van der Waals surface area (Å²) in [5.74, 6) is -0.505. The van der Waals surface area contributed by atoms with Crippen molar-refractivity contribution >= 4 is 0 Å². The van der Waals surface area contributed by atoms with E-state index in [9.17, 15) is 0 Å². The second kappa shape index (κ2) is 1.18. The molecule has 1 heterocycles. The van der Waals surface area contributed by atoms with Crippen LogP contribution < -0.4 is 0 Å². The molecule has 1 radical (unpaired) electrons. The van der Waals surface area contributed by atoms with Gasteiger partial charge >= 0.3 is 0 Å². The van der Waals surface area contributed by atoms with Gasteiger partial charge in [0.25, 0.3) is 5.95 Å². The van der Waals surface area contributed by atoms with Gasteiger partial charge in [-0.3, -0.25) is 0 Å². The molecule has 0 bridgehead atoms. The van der Waals surface area contributed by atoms with Crippen molar-refractivity contribution in [2.24, 2.45) is 0 Å². The Morgan fingerprint density at radius 1 is 1.57 bits per heavy atom. The molecule has 0 saturated heterocycles. The van der Waals surface area contributed by atoms with Crippen molar-refractivity contribution in [3.63, 3.8) is 0 Å². The van der Waals surface area contributed by atoms with E-state index in [1.165, 1.54) is 0 Å². The molecule has 7 heavy (non-hydrogen) atoms. The maximum atomic E-state index is 8.34. The van der Waals surface area contributed by atoms with E-state index in [1.54, 1.807) is 0 Å². The molecule has 1 aromatic rings. The van der Waals surface area contributed by atoms with Gasteiger partial charge in [-0.25, -0.2) is 0 Å². The molecule has 0 amide bonds. The monoisotopic (exact) mass is 99.0 g/mol. The van der Waals surface area contributed by atoms with Crippen LogP contribution in [-0.2, 0) is 0 Å². The van der Waals surface area contributed by atoms with Crippen LogP contribution in [-0.4, -0.2) is 10.2 Å². The third-order valence-electron chi connectivity index (χ3n) is 0.520. The largest absolute Gasteiger partial charge is 0.504 e. The number of aromatic hydroxyl groups is 2. The summed E-state index contributed by atoms with van der Waals surface area (Å²) in [4.78, 5) is 0. The van der Waals surface area contributed by atoms with Crippen LogP contribution in [0.15, 0.2) is 10.5 Å². The fraction of sp³-hybridized carbons (Fsp3) is 0. The van der Waals surface area contributed by atoms with Crippen molar-refractivity contribution in [2.45, 2.75) is 0 Å². The molecule has 0 unspecified atom stereocenters. The lowest BCUT2D eigenvalue weighted by molar-refractivity contribution is 0.328. The summed E-state index contributed by atoms with van der Waals surface area (Å²) < 4.78 is 4.14. The van der Waals surface area contributed by atoms with Crippen LogP contribution in [0.3, 0.4) is 0 Å². The zero-order valence-electron chi connectivity index (χ0n) is 3.38. The third-order valence-corrected chi connectivity index (χ3v) is 0.520. The van der Waals surface area contributed by atoms with Crippen molar-refractivity contribution in [1.82, 2.24) is 0 Å². The molecule has 1 rings (SSSR count). The summed E-state index contributed by atoms with van der Waals surface area (Å²) in [5.41, 5.74) is 0. The van der Waals surface area contributed by atoms with E-state index in [-0.39, 0.29) is 11.7 Å². The van der Waals surface area contributed by atoms with Crippen molar-refractivity contribution < 1.29 is 14.6 Å². The molecule has 0 aliphatic rings. The molecule has 0 aliphatic carbocycles. The second-order valence-electron chi connectivity index (χ2n) is 1.07. The lowest BCUT2D eigenvalue weighted by atomic mass is 10.6. The van der Waals surface area contributed by atoms with Gasteiger partial charge in [0.15, 0.2) is 5.75 Å². The summed E-state index contributed by atoms with van der Waals surface area (Å²) >= 11 is 0. The number of hydrogen-bond acceptors (Lipinski definition) is 3. The molecule has 0 saturated carbocycles. The predicted octanol–water partition coefficient (Wildman–Crippen LogP) is 0.491. The van der Waals surface area contributed by atoms with E-state index < -0.39 is 0 Å². The van der Waals surface area contributed by atoms with Crippen molar-refractivity contribution in [1.29, 1.82) is 0 Å². The normalized spacial score (nSPS) is 9.14. The van der Waals surface area contributed by atoms with Gasteiger partial charge < -0.3 is 14.6 Å². The van der Waals surface area contributed by atoms with Crippen LogP contribution in [0.25, 0.3) is 0 Å². The van der Waals surface area contributed by atoms with Crippen molar-refractivity contribution in [2.75, 3.05) is 0 Å². The number of rotatable bonds is 0. The zero-order valence-corrected chi connectivity index (χ0v) is 3.38. The van der Waals surface area contributed by atoms with Gasteiger partial charge in [-0.15, -0.1) is 0 Å². The average Bonchev–Trinajstić information content (AvgIpc) is 1.87. The van der Waals surface area contributed by atoms with E-state index in [1.807, 2.05) is 6.26 Å². The SMILES string of the molecule is Oc1[c]oc(O)c1. The molecule has 1 aromatic heterocycles. The van der Waals surface area contributed by atoms with E-state index in [4.69, 9.17) is 10.2 Å². The molecule has 3 heteroatoms. The van der Waals surface area contributed by atoms with E-state index >= 15 is 0 Å². The zero-order chi connectivity index (χ0) is 5.28.